The molecule has 2 rings (SSSR count). The van der Waals surface area contributed by atoms with Gasteiger partial charge in [-0.25, -0.2) is 4.79 Å². The van der Waals surface area contributed by atoms with Crippen LogP contribution in [-0.2, 0) is 0 Å². The maximum absolute atomic E-state index is 12.5. The molecule has 0 spiro atoms. The highest BCUT2D eigenvalue weighted by molar-refractivity contribution is 7.99. The number of carbonyl (C=O) groups excluding carboxylic acids is 1. The molecular weight excluding hydrogens is 317 g/mol. The van der Waals surface area contributed by atoms with E-state index in [1.807, 2.05) is 0 Å². The highest BCUT2D eigenvalue weighted by atomic mass is 32.2. The quantitative estimate of drug-likeness (QED) is 0.830. The summed E-state index contributed by atoms with van der Waals surface area (Å²) >= 11 is 1.81. The Balaban J connectivity index is 1.76. The van der Waals surface area contributed by atoms with E-state index in [4.69, 9.17) is 0 Å². The standard InChI is InChI=1S/C14H23F3N2O2S/c1-22-11-3-2-10(8-11)18-13(21)19-6-4-9(5-7-19)12(20)14(15,16)17/h9-12,20H,2-8H2,1H3,(H,18,21)/t10-,11-,12+/m1/s1. The van der Waals surface area contributed by atoms with Crippen LogP contribution in [0.15, 0.2) is 0 Å². The minimum atomic E-state index is -4.58. The Bertz CT molecular complexity index is 387. The van der Waals surface area contributed by atoms with Crippen LogP contribution in [0.2, 0.25) is 0 Å². The van der Waals surface area contributed by atoms with Crippen molar-refractivity contribution in [1.82, 2.24) is 10.2 Å². The molecule has 2 N–H and O–H groups in total. The summed E-state index contributed by atoms with van der Waals surface area (Å²) in [5.41, 5.74) is 0. The lowest BCUT2D eigenvalue weighted by Crippen LogP contribution is -2.49. The third-order valence-electron chi connectivity index (χ3n) is 4.65. The lowest BCUT2D eigenvalue weighted by Gasteiger charge is -2.35. The number of likely N-dealkylation sites (tertiary alicyclic amines) is 1. The van der Waals surface area contributed by atoms with Gasteiger partial charge >= 0.3 is 12.2 Å². The van der Waals surface area contributed by atoms with E-state index in [1.54, 1.807) is 16.7 Å². The van der Waals surface area contributed by atoms with Gasteiger partial charge in [0.2, 0.25) is 0 Å². The number of hydrogen-bond acceptors (Lipinski definition) is 3. The topological polar surface area (TPSA) is 52.6 Å². The molecule has 22 heavy (non-hydrogen) atoms. The Hall–Kier alpha value is -0.630. The van der Waals surface area contributed by atoms with Crippen LogP contribution >= 0.6 is 11.8 Å². The third kappa shape index (κ3) is 4.44. The lowest BCUT2D eigenvalue weighted by atomic mass is 9.91. The molecule has 1 saturated heterocycles. The number of nitrogens with zero attached hydrogens (tertiary/aromatic N) is 1. The fourth-order valence-electron chi connectivity index (χ4n) is 3.24. The highest BCUT2D eigenvalue weighted by Gasteiger charge is 2.44. The number of piperidine rings is 1. The van der Waals surface area contributed by atoms with Crippen LogP contribution in [0.4, 0.5) is 18.0 Å². The van der Waals surface area contributed by atoms with Gasteiger partial charge in [0.15, 0.2) is 6.10 Å². The summed E-state index contributed by atoms with van der Waals surface area (Å²) in [7, 11) is 0. The van der Waals surface area contributed by atoms with Gasteiger partial charge in [0.25, 0.3) is 0 Å². The average molecular weight is 340 g/mol. The summed E-state index contributed by atoms with van der Waals surface area (Å²) in [4.78, 5) is 13.7. The number of halogens is 3. The van der Waals surface area contributed by atoms with Gasteiger partial charge in [-0.1, -0.05) is 0 Å². The number of nitrogens with one attached hydrogen (secondary N) is 1. The van der Waals surface area contributed by atoms with Crippen molar-refractivity contribution in [3.63, 3.8) is 0 Å². The molecule has 8 heteroatoms. The Morgan fingerprint density at radius 1 is 1.27 bits per heavy atom. The van der Waals surface area contributed by atoms with Gasteiger partial charge in [0.1, 0.15) is 0 Å². The van der Waals surface area contributed by atoms with Gasteiger partial charge in [-0.05, 0) is 44.3 Å². The fourth-order valence-corrected chi connectivity index (χ4v) is 4.03. The normalized spacial score (nSPS) is 28.7. The van der Waals surface area contributed by atoms with Crippen LogP contribution in [0.25, 0.3) is 0 Å². The largest absolute Gasteiger partial charge is 0.414 e. The molecule has 2 aliphatic rings. The van der Waals surface area contributed by atoms with Crippen molar-refractivity contribution in [2.45, 2.75) is 55.7 Å². The van der Waals surface area contributed by atoms with E-state index in [1.165, 1.54) is 0 Å². The SMILES string of the molecule is CS[C@@H]1CC[C@@H](NC(=O)N2CCC([C@H](O)C(F)(F)F)CC2)C1. The highest BCUT2D eigenvalue weighted by Crippen LogP contribution is 2.32. The number of thioether (sulfide) groups is 1. The molecule has 1 aliphatic heterocycles. The molecule has 0 aromatic rings. The fraction of sp³-hybridized carbons (Fsp3) is 0.929. The van der Waals surface area contributed by atoms with E-state index in [2.05, 4.69) is 11.6 Å². The summed E-state index contributed by atoms with van der Waals surface area (Å²) < 4.78 is 37.5. The Kier molecular flexibility index (Phi) is 5.87. The molecule has 2 fully saturated rings. The van der Waals surface area contributed by atoms with Gasteiger partial charge in [-0.15, -0.1) is 0 Å². The number of alkyl halides is 3. The van der Waals surface area contributed by atoms with E-state index in [0.717, 1.165) is 19.3 Å². The summed E-state index contributed by atoms with van der Waals surface area (Å²) in [6, 6.07) is -0.0184. The number of carbonyl (C=O) groups is 1. The van der Waals surface area contributed by atoms with Crippen LogP contribution in [-0.4, -0.2) is 59.0 Å². The molecule has 1 heterocycles. The van der Waals surface area contributed by atoms with Crippen LogP contribution in [0.5, 0.6) is 0 Å². The lowest BCUT2D eigenvalue weighted by molar-refractivity contribution is -0.222. The van der Waals surface area contributed by atoms with Crippen LogP contribution in [0.3, 0.4) is 0 Å². The number of urea groups is 1. The first-order valence-corrected chi connectivity index (χ1v) is 8.93. The monoisotopic (exact) mass is 340 g/mol. The Morgan fingerprint density at radius 3 is 2.41 bits per heavy atom. The van der Waals surface area contributed by atoms with Gasteiger partial charge in [0, 0.05) is 24.4 Å². The second kappa shape index (κ2) is 7.29. The van der Waals surface area contributed by atoms with Gasteiger partial charge in [-0.3, -0.25) is 0 Å². The number of amides is 2. The first-order valence-electron chi connectivity index (χ1n) is 7.64. The van der Waals surface area contributed by atoms with E-state index >= 15 is 0 Å². The molecule has 0 radical (unpaired) electrons. The van der Waals surface area contributed by atoms with Gasteiger partial charge in [-0.2, -0.15) is 24.9 Å². The molecular formula is C14H23F3N2O2S. The Labute approximate surface area is 132 Å². The number of rotatable bonds is 3. The molecule has 0 unspecified atom stereocenters. The third-order valence-corrected chi connectivity index (χ3v) is 5.75. The minimum Gasteiger partial charge on any atom is -0.383 e. The van der Waals surface area contributed by atoms with Crippen molar-refractivity contribution in [2.24, 2.45) is 5.92 Å². The zero-order valence-electron chi connectivity index (χ0n) is 12.6. The van der Waals surface area contributed by atoms with Gasteiger partial charge < -0.3 is 15.3 Å². The summed E-state index contributed by atoms with van der Waals surface area (Å²) in [5.74, 6) is -0.809. The molecule has 1 aliphatic carbocycles. The number of hydrogen-bond donors (Lipinski definition) is 2. The molecule has 3 atom stereocenters. The van der Waals surface area contributed by atoms with Gasteiger partial charge in [0.05, 0.1) is 0 Å². The van der Waals surface area contributed by atoms with Crippen molar-refractivity contribution >= 4 is 17.8 Å². The van der Waals surface area contributed by atoms with Crippen LogP contribution in [0, 0.1) is 5.92 Å². The van der Waals surface area contributed by atoms with Crippen molar-refractivity contribution in [1.29, 1.82) is 0 Å². The summed E-state index contributed by atoms with van der Waals surface area (Å²) in [5, 5.41) is 12.8. The first-order chi connectivity index (χ1) is 10.3. The number of aliphatic hydroxyl groups is 1. The van der Waals surface area contributed by atoms with E-state index in [0.29, 0.717) is 5.25 Å². The van der Waals surface area contributed by atoms with Crippen molar-refractivity contribution in [3.05, 3.63) is 0 Å². The van der Waals surface area contributed by atoms with Crippen LogP contribution < -0.4 is 5.32 Å². The molecule has 4 nitrogen and oxygen atoms in total. The number of aliphatic hydroxyl groups excluding tert-OH is 1. The maximum atomic E-state index is 12.5. The molecule has 0 bridgehead atoms. The summed E-state index contributed by atoms with van der Waals surface area (Å²) in [6.07, 6.45) is -1.42. The predicted molar refractivity (Wildman–Crippen MR) is 79.8 cm³/mol. The maximum Gasteiger partial charge on any atom is 0.414 e. The van der Waals surface area contributed by atoms with E-state index in [9.17, 15) is 23.1 Å². The van der Waals surface area contributed by atoms with Crippen molar-refractivity contribution in [3.8, 4) is 0 Å². The van der Waals surface area contributed by atoms with Crippen LogP contribution in [0.1, 0.15) is 32.1 Å². The Morgan fingerprint density at radius 2 is 1.91 bits per heavy atom. The first kappa shape index (κ1) is 17.7. The zero-order chi connectivity index (χ0) is 16.3. The van der Waals surface area contributed by atoms with E-state index in [-0.39, 0.29) is 38.0 Å². The zero-order valence-corrected chi connectivity index (χ0v) is 13.4. The predicted octanol–water partition coefficient (Wildman–Crippen LogP) is 2.62. The average Bonchev–Trinajstić information content (AvgIpc) is 2.93. The summed E-state index contributed by atoms with van der Waals surface area (Å²) in [6.45, 7) is 0.532. The smallest absolute Gasteiger partial charge is 0.383 e. The molecule has 0 aromatic carbocycles. The second-order valence-corrected chi connectivity index (χ2v) is 7.27. The van der Waals surface area contributed by atoms with Crippen molar-refractivity contribution < 1.29 is 23.1 Å². The molecule has 0 aromatic heterocycles. The molecule has 128 valence electrons. The second-order valence-electron chi connectivity index (χ2n) is 6.13. The minimum absolute atomic E-state index is 0.170. The molecule has 2 amide bonds. The molecule has 1 saturated carbocycles. The van der Waals surface area contributed by atoms with Crippen molar-refractivity contribution in [2.75, 3.05) is 19.3 Å². The van der Waals surface area contributed by atoms with E-state index < -0.39 is 18.2 Å².